The normalized spacial score (nSPS) is 22.2. The highest BCUT2D eigenvalue weighted by molar-refractivity contribution is 7.91. The van der Waals surface area contributed by atoms with Crippen molar-refractivity contribution in [3.8, 4) is 0 Å². The number of sulfonamides is 1. The Balaban J connectivity index is 1.45. The van der Waals surface area contributed by atoms with Crippen molar-refractivity contribution in [1.29, 1.82) is 0 Å². The number of hydrogen-bond donors (Lipinski definition) is 1. The molecule has 3 rings (SSSR count). The van der Waals surface area contributed by atoms with Crippen LogP contribution >= 0.6 is 0 Å². The third kappa shape index (κ3) is 6.52. The molecule has 0 aliphatic carbocycles. The molecule has 0 radical (unpaired) electrons. The minimum Gasteiger partial charge on any atom is -0.453 e. The maximum atomic E-state index is 12.7. The van der Waals surface area contributed by atoms with Crippen LogP contribution in [0.25, 0.3) is 0 Å². The zero-order valence-corrected chi connectivity index (χ0v) is 19.8. The molecule has 11 heteroatoms. The van der Waals surface area contributed by atoms with Gasteiger partial charge in [0, 0.05) is 25.6 Å². The fourth-order valence-electron chi connectivity index (χ4n) is 3.87. The molecule has 2 atom stereocenters. The van der Waals surface area contributed by atoms with Gasteiger partial charge in [-0.25, -0.2) is 16.8 Å². The van der Waals surface area contributed by atoms with Gasteiger partial charge in [0.25, 0.3) is 5.91 Å². The van der Waals surface area contributed by atoms with E-state index >= 15 is 0 Å². The molecule has 2 aliphatic heterocycles. The molecule has 0 aromatic heterocycles. The van der Waals surface area contributed by atoms with E-state index in [-0.39, 0.29) is 22.8 Å². The molecule has 1 N–H and O–H groups in total. The van der Waals surface area contributed by atoms with Crippen LogP contribution in [0.5, 0.6) is 0 Å². The van der Waals surface area contributed by atoms with Crippen LogP contribution in [0.1, 0.15) is 44.6 Å². The molecule has 9 nitrogen and oxygen atoms in total. The summed E-state index contributed by atoms with van der Waals surface area (Å²) < 4.78 is 55.0. The van der Waals surface area contributed by atoms with E-state index in [2.05, 4.69) is 5.32 Å². The number of esters is 1. The Labute approximate surface area is 189 Å². The number of sulfone groups is 1. The molecule has 1 aromatic carbocycles. The number of ether oxygens (including phenoxy) is 1. The summed E-state index contributed by atoms with van der Waals surface area (Å²) >= 11 is 0. The van der Waals surface area contributed by atoms with E-state index in [9.17, 15) is 26.4 Å². The van der Waals surface area contributed by atoms with Gasteiger partial charge in [-0.15, -0.1) is 0 Å². The highest BCUT2D eigenvalue weighted by Crippen LogP contribution is 2.21. The van der Waals surface area contributed by atoms with Crippen LogP contribution in [0, 0.1) is 0 Å². The maximum Gasteiger partial charge on any atom is 0.306 e. The number of benzene rings is 1. The highest BCUT2D eigenvalue weighted by atomic mass is 32.2. The van der Waals surface area contributed by atoms with Crippen LogP contribution in [0.15, 0.2) is 29.2 Å². The molecule has 1 aromatic rings. The molecule has 2 heterocycles. The topological polar surface area (TPSA) is 127 Å². The number of aryl methyl sites for hydroxylation is 1. The number of nitrogens with one attached hydrogen (secondary N) is 1. The number of rotatable bonds is 8. The number of carbonyl (C=O) groups is 2. The van der Waals surface area contributed by atoms with E-state index in [0.29, 0.717) is 25.9 Å². The van der Waals surface area contributed by atoms with Crippen molar-refractivity contribution in [2.75, 3.05) is 24.6 Å². The first kappa shape index (κ1) is 24.7. The summed E-state index contributed by atoms with van der Waals surface area (Å²) in [5, 5.41) is 2.60. The van der Waals surface area contributed by atoms with E-state index < -0.39 is 43.9 Å². The van der Waals surface area contributed by atoms with Gasteiger partial charge in [0.1, 0.15) is 0 Å². The number of piperidine rings is 1. The molecular weight excluding hydrogens is 456 g/mol. The third-order valence-corrected chi connectivity index (χ3v) is 9.43. The second kappa shape index (κ2) is 10.3. The van der Waals surface area contributed by atoms with Crippen molar-refractivity contribution in [1.82, 2.24) is 9.62 Å². The van der Waals surface area contributed by atoms with E-state index in [4.69, 9.17) is 4.74 Å². The third-order valence-electron chi connectivity index (χ3n) is 5.75. The first-order chi connectivity index (χ1) is 15.1. The summed E-state index contributed by atoms with van der Waals surface area (Å²) in [5.74, 6) is -1.13. The van der Waals surface area contributed by atoms with Gasteiger partial charge >= 0.3 is 5.97 Å². The molecule has 178 valence electrons. The average Bonchev–Trinajstić information content (AvgIpc) is 3.11. The molecule has 32 heavy (non-hydrogen) atoms. The fraction of sp³-hybridized carbons (Fsp3) is 0.619. The minimum atomic E-state index is -3.49. The van der Waals surface area contributed by atoms with Crippen LogP contribution in [-0.4, -0.2) is 69.8 Å². The summed E-state index contributed by atoms with van der Waals surface area (Å²) in [4.78, 5) is 24.5. The van der Waals surface area contributed by atoms with Gasteiger partial charge in [-0.3, -0.25) is 9.59 Å². The lowest BCUT2D eigenvalue weighted by Gasteiger charge is -2.25. The van der Waals surface area contributed by atoms with Crippen LogP contribution in [0.4, 0.5) is 0 Å². The fourth-order valence-corrected chi connectivity index (χ4v) is 7.06. The summed E-state index contributed by atoms with van der Waals surface area (Å²) in [7, 11) is -6.60. The van der Waals surface area contributed by atoms with Crippen molar-refractivity contribution in [3.63, 3.8) is 0 Å². The molecule has 2 aliphatic rings. The summed E-state index contributed by atoms with van der Waals surface area (Å²) in [6.45, 7) is 2.52. The lowest BCUT2D eigenvalue weighted by molar-refractivity contribution is -0.155. The Morgan fingerprint density at radius 3 is 2.41 bits per heavy atom. The van der Waals surface area contributed by atoms with Gasteiger partial charge < -0.3 is 10.1 Å². The zero-order chi connectivity index (χ0) is 23.4. The average molecular weight is 487 g/mol. The standard InChI is InChI=1S/C21H30N2O7S2/c1-16(21(25)22-18-11-14-31(26,27)15-18)30-20(24)10-7-17-5-8-19(9-6-17)32(28,29)23-12-3-2-4-13-23/h5-6,8-9,16,18H,2-4,7,10-15H2,1H3,(H,22,25). The van der Waals surface area contributed by atoms with Crippen molar-refractivity contribution >= 4 is 31.7 Å². The van der Waals surface area contributed by atoms with Crippen molar-refractivity contribution < 1.29 is 31.2 Å². The summed E-state index contributed by atoms with van der Waals surface area (Å²) in [6.07, 6.45) is 2.50. The van der Waals surface area contributed by atoms with E-state index in [1.54, 1.807) is 24.3 Å². The molecule has 2 unspecified atom stereocenters. The van der Waals surface area contributed by atoms with Crippen molar-refractivity contribution in [2.45, 2.75) is 62.5 Å². The SMILES string of the molecule is CC(OC(=O)CCc1ccc(S(=O)(=O)N2CCCCC2)cc1)C(=O)NC1CCS(=O)(=O)C1. The van der Waals surface area contributed by atoms with Gasteiger partial charge in [-0.1, -0.05) is 18.6 Å². The Hall–Kier alpha value is -1.98. The molecule has 2 fully saturated rings. The lowest BCUT2D eigenvalue weighted by Crippen LogP contribution is -2.42. The van der Waals surface area contributed by atoms with Gasteiger partial charge in [0.2, 0.25) is 10.0 Å². The number of amides is 1. The second-order valence-electron chi connectivity index (χ2n) is 8.35. The molecule has 2 saturated heterocycles. The molecular formula is C21H30N2O7S2. The maximum absolute atomic E-state index is 12.7. The predicted octanol–water partition coefficient (Wildman–Crippen LogP) is 1.03. The summed E-state index contributed by atoms with van der Waals surface area (Å²) in [6, 6.07) is 6.02. The van der Waals surface area contributed by atoms with Crippen LogP contribution in [0.2, 0.25) is 0 Å². The van der Waals surface area contributed by atoms with Crippen LogP contribution < -0.4 is 5.32 Å². The van der Waals surface area contributed by atoms with Crippen LogP contribution in [0.3, 0.4) is 0 Å². The minimum absolute atomic E-state index is 0.0354. The first-order valence-corrected chi connectivity index (χ1v) is 14.1. The Kier molecular flexibility index (Phi) is 7.94. The quantitative estimate of drug-likeness (QED) is 0.544. The van der Waals surface area contributed by atoms with Crippen LogP contribution in [-0.2, 0) is 40.6 Å². The van der Waals surface area contributed by atoms with Crippen molar-refractivity contribution in [3.05, 3.63) is 29.8 Å². The Morgan fingerprint density at radius 1 is 1.16 bits per heavy atom. The zero-order valence-electron chi connectivity index (χ0n) is 18.2. The van der Waals surface area contributed by atoms with E-state index in [1.807, 2.05) is 0 Å². The van der Waals surface area contributed by atoms with Gasteiger partial charge in [-0.05, 0) is 50.3 Å². The Bertz CT molecular complexity index is 1030. The molecule has 0 saturated carbocycles. The number of nitrogens with zero attached hydrogens (tertiary/aromatic N) is 1. The highest BCUT2D eigenvalue weighted by Gasteiger charge is 2.31. The number of hydrogen-bond acceptors (Lipinski definition) is 7. The second-order valence-corrected chi connectivity index (χ2v) is 12.5. The van der Waals surface area contributed by atoms with Crippen molar-refractivity contribution in [2.24, 2.45) is 0 Å². The largest absolute Gasteiger partial charge is 0.453 e. The lowest BCUT2D eigenvalue weighted by atomic mass is 10.1. The number of carbonyl (C=O) groups excluding carboxylic acids is 2. The Morgan fingerprint density at radius 2 is 1.81 bits per heavy atom. The van der Waals surface area contributed by atoms with E-state index in [0.717, 1.165) is 24.8 Å². The molecule has 0 bridgehead atoms. The molecule has 1 amide bonds. The smallest absolute Gasteiger partial charge is 0.306 e. The first-order valence-electron chi connectivity index (χ1n) is 10.9. The molecule has 0 spiro atoms. The van der Waals surface area contributed by atoms with Gasteiger partial charge in [0.15, 0.2) is 15.9 Å². The van der Waals surface area contributed by atoms with E-state index in [1.165, 1.54) is 11.2 Å². The monoisotopic (exact) mass is 486 g/mol. The van der Waals surface area contributed by atoms with Gasteiger partial charge in [-0.2, -0.15) is 4.31 Å². The predicted molar refractivity (Wildman–Crippen MR) is 118 cm³/mol. The van der Waals surface area contributed by atoms with Gasteiger partial charge in [0.05, 0.1) is 16.4 Å². The summed E-state index contributed by atoms with van der Waals surface area (Å²) in [5.41, 5.74) is 0.785.